The fourth-order valence-corrected chi connectivity index (χ4v) is 3.94. The Bertz CT molecular complexity index is 488. The van der Waals surface area contributed by atoms with Gasteiger partial charge in [0, 0.05) is 24.9 Å². The van der Waals surface area contributed by atoms with Crippen molar-refractivity contribution in [2.24, 2.45) is 5.92 Å². The molecule has 2 bridgehead atoms. The number of benzene rings is 1. The maximum atomic E-state index is 13.6. The highest BCUT2D eigenvalue weighted by Crippen LogP contribution is 2.38. The molecular formula is C17H22FNO. The average molecular weight is 275 g/mol. The minimum Gasteiger partial charge on any atom is -0.300 e. The summed E-state index contributed by atoms with van der Waals surface area (Å²) in [5, 5.41) is 0. The Morgan fingerprint density at radius 3 is 2.55 bits per heavy atom. The second-order valence-electron chi connectivity index (χ2n) is 6.40. The number of Topliss-reactive ketones (excluding diaryl/α,β-unsaturated/α-hetero) is 1. The molecule has 1 aromatic carbocycles. The first kappa shape index (κ1) is 13.7. The predicted molar refractivity (Wildman–Crippen MR) is 77.0 cm³/mol. The van der Waals surface area contributed by atoms with Crippen LogP contribution >= 0.6 is 0 Å². The zero-order valence-electron chi connectivity index (χ0n) is 12.0. The standard InChI is InChI=1S/C17H22FNO/c1-19-14-6-7-15(19)9-12(8-14)10-16(20)11-13-4-2-3-5-17(13)18/h2-5,12,14-15H,6-11H2,1H3. The fourth-order valence-electron chi connectivity index (χ4n) is 3.94. The van der Waals surface area contributed by atoms with Crippen LogP contribution in [0.15, 0.2) is 24.3 Å². The Kier molecular flexibility index (Phi) is 3.88. The number of carbonyl (C=O) groups is 1. The van der Waals surface area contributed by atoms with E-state index in [4.69, 9.17) is 0 Å². The second kappa shape index (κ2) is 5.65. The summed E-state index contributed by atoms with van der Waals surface area (Å²) in [5.41, 5.74) is 0.536. The van der Waals surface area contributed by atoms with Crippen LogP contribution in [0, 0.1) is 11.7 Å². The van der Waals surface area contributed by atoms with Gasteiger partial charge in [-0.3, -0.25) is 4.79 Å². The Hall–Kier alpha value is -1.22. The molecule has 2 aliphatic heterocycles. The highest BCUT2D eigenvalue weighted by Gasteiger charge is 2.38. The molecule has 2 fully saturated rings. The largest absolute Gasteiger partial charge is 0.300 e. The van der Waals surface area contributed by atoms with Gasteiger partial charge in [0.25, 0.3) is 0 Å². The maximum absolute atomic E-state index is 13.6. The molecule has 0 spiro atoms. The van der Waals surface area contributed by atoms with Gasteiger partial charge in [-0.25, -0.2) is 4.39 Å². The summed E-state index contributed by atoms with van der Waals surface area (Å²) >= 11 is 0. The Labute approximate surface area is 120 Å². The van der Waals surface area contributed by atoms with Crippen molar-refractivity contribution in [2.45, 2.75) is 50.6 Å². The number of nitrogens with zero attached hydrogens (tertiary/aromatic N) is 1. The van der Waals surface area contributed by atoms with E-state index in [-0.39, 0.29) is 18.0 Å². The SMILES string of the molecule is CN1C2CCC1CC(CC(=O)Cc1ccccc1F)C2. The van der Waals surface area contributed by atoms with Crippen LogP contribution in [0.25, 0.3) is 0 Å². The van der Waals surface area contributed by atoms with E-state index >= 15 is 0 Å². The van der Waals surface area contributed by atoms with Gasteiger partial charge in [0.1, 0.15) is 11.6 Å². The molecule has 0 amide bonds. The van der Waals surface area contributed by atoms with E-state index in [1.807, 2.05) is 0 Å². The lowest BCUT2D eigenvalue weighted by Crippen LogP contribution is -2.40. The number of piperidine rings is 1. The smallest absolute Gasteiger partial charge is 0.137 e. The molecule has 2 saturated heterocycles. The lowest BCUT2D eigenvalue weighted by atomic mass is 9.86. The van der Waals surface area contributed by atoms with Crippen LogP contribution in [0.3, 0.4) is 0 Å². The van der Waals surface area contributed by atoms with Crippen LogP contribution in [0.4, 0.5) is 4.39 Å². The third kappa shape index (κ3) is 2.78. The van der Waals surface area contributed by atoms with Crippen LogP contribution in [0.1, 0.15) is 37.7 Å². The number of rotatable bonds is 4. The van der Waals surface area contributed by atoms with E-state index < -0.39 is 0 Å². The number of fused-ring (bicyclic) bond motifs is 2. The van der Waals surface area contributed by atoms with E-state index in [1.54, 1.807) is 18.2 Å². The van der Waals surface area contributed by atoms with Gasteiger partial charge in [-0.15, -0.1) is 0 Å². The molecule has 2 aliphatic rings. The molecule has 20 heavy (non-hydrogen) atoms. The molecule has 2 unspecified atom stereocenters. The Morgan fingerprint density at radius 2 is 1.90 bits per heavy atom. The summed E-state index contributed by atoms with van der Waals surface area (Å²) in [4.78, 5) is 14.7. The van der Waals surface area contributed by atoms with Crippen molar-refractivity contribution in [3.63, 3.8) is 0 Å². The van der Waals surface area contributed by atoms with Gasteiger partial charge in [0.15, 0.2) is 0 Å². The van der Waals surface area contributed by atoms with Gasteiger partial charge in [-0.1, -0.05) is 18.2 Å². The lowest BCUT2D eigenvalue weighted by molar-refractivity contribution is -0.119. The van der Waals surface area contributed by atoms with Crippen molar-refractivity contribution >= 4 is 5.78 Å². The van der Waals surface area contributed by atoms with Crippen molar-refractivity contribution in [3.05, 3.63) is 35.6 Å². The summed E-state index contributed by atoms with van der Waals surface area (Å²) in [5.74, 6) is 0.427. The van der Waals surface area contributed by atoms with E-state index in [0.717, 1.165) is 12.8 Å². The molecule has 2 heterocycles. The second-order valence-corrected chi connectivity index (χ2v) is 6.40. The minimum atomic E-state index is -0.260. The molecule has 0 N–H and O–H groups in total. The maximum Gasteiger partial charge on any atom is 0.137 e. The van der Waals surface area contributed by atoms with Gasteiger partial charge < -0.3 is 4.90 Å². The third-order valence-corrected chi connectivity index (χ3v) is 5.06. The molecular weight excluding hydrogens is 253 g/mol. The van der Waals surface area contributed by atoms with Gasteiger partial charge in [0.2, 0.25) is 0 Å². The molecule has 0 saturated carbocycles. The topological polar surface area (TPSA) is 20.3 Å². The van der Waals surface area contributed by atoms with Crippen molar-refractivity contribution in [2.75, 3.05) is 7.05 Å². The van der Waals surface area contributed by atoms with Crippen LogP contribution in [0.5, 0.6) is 0 Å². The number of halogens is 1. The molecule has 0 radical (unpaired) electrons. The van der Waals surface area contributed by atoms with Gasteiger partial charge in [-0.2, -0.15) is 0 Å². The number of hydrogen-bond acceptors (Lipinski definition) is 2. The summed E-state index contributed by atoms with van der Waals surface area (Å²) in [7, 11) is 2.21. The highest BCUT2D eigenvalue weighted by molar-refractivity contribution is 5.81. The molecule has 2 atom stereocenters. The average Bonchev–Trinajstić information content (AvgIpc) is 2.63. The van der Waals surface area contributed by atoms with Crippen molar-refractivity contribution in [3.8, 4) is 0 Å². The number of carbonyl (C=O) groups excluding carboxylic acids is 1. The Balaban J connectivity index is 1.56. The Morgan fingerprint density at radius 1 is 1.25 bits per heavy atom. The molecule has 0 aromatic heterocycles. The third-order valence-electron chi connectivity index (χ3n) is 5.06. The normalized spacial score (nSPS) is 29.6. The molecule has 3 rings (SSSR count). The van der Waals surface area contributed by atoms with Crippen LogP contribution < -0.4 is 0 Å². The molecule has 3 heteroatoms. The van der Waals surface area contributed by atoms with Crippen LogP contribution in [-0.4, -0.2) is 29.8 Å². The van der Waals surface area contributed by atoms with Gasteiger partial charge in [-0.05, 0) is 50.3 Å². The van der Waals surface area contributed by atoms with E-state index in [9.17, 15) is 9.18 Å². The van der Waals surface area contributed by atoms with Gasteiger partial charge >= 0.3 is 0 Å². The van der Waals surface area contributed by atoms with Crippen LogP contribution in [0.2, 0.25) is 0 Å². The van der Waals surface area contributed by atoms with E-state index in [0.29, 0.717) is 30.0 Å². The highest BCUT2D eigenvalue weighted by atomic mass is 19.1. The van der Waals surface area contributed by atoms with Crippen molar-refractivity contribution in [1.82, 2.24) is 4.90 Å². The molecule has 1 aromatic rings. The van der Waals surface area contributed by atoms with Gasteiger partial charge in [0.05, 0.1) is 0 Å². The summed E-state index contributed by atoms with van der Waals surface area (Å²) in [6.45, 7) is 0. The first-order valence-electron chi connectivity index (χ1n) is 7.60. The summed E-state index contributed by atoms with van der Waals surface area (Å²) < 4.78 is 13.6. The van der Waals surface area contributed by atoms with Crippen LogP contribution in [-0.2, 0) is 11.2 Å². The first-order chi connectivity index (χ1) is 9.63. The zero-order chi connectivity index (χ0) is 14.1. The zero-order valence-corrected chi connectivity index (χ0v) is 12.0. The quantitative estimate of drug-likeness (QED) is 0.841. The predicted octanol–water partition coefficient (Wildman–Crippen LogP) is 3.20. The molecule has 2 nitrogen and oxygen atoms in total. The lowest BCUT2D eigenvalue weighted by Gasteiger charge is -2.36. The minimum absolute atomic E-state index is 0.184. The monoisotopic (exact) mass is 275 g/mol. The fraction of sp³-hybridized carbons (Fsp3) is 0.588. The molecule has 108 valence electrons. The summed E-state index contributed by atoms with van der Waals surface area (Å²) in [6, 6.07) is 7.93. The first-order valence-corrected chi connectivity index (χ1v) is 7.60. The van der Waals surface area contributed by atoms with Crippen molar-refractivity contribution in [1.29, 1.82) is 0 Å². The number of ketones is 1. The summed E-state index contributed by atoms with van der Waals surface area (Å²) in [6.07, 6.45) is 5.69. The van der Waals surface area contributed by atoms with E-state index in [1.165, 1.54) is 18.9 Å². The van der Waals surface area contributed by atoms with E-state index in [2.05, 4.69) is 11.9 Å². The van der Waals surface area contributed by atoms with Crippen molar-refractivity contribution < 1.29 is 9.18 Å². The number of hydrogen-bond donors (Lipinski definition) is 0. The molecule has 0 aliphatic carbocycles.